The monoisotopic (exact) mass is 338 g/mol. The van der Waals surface area contributed by atoms with Gasteiger partial charge in [0, 0.05) is 30.2 Å². The molecule has 0 bridgehead atoms. The molecule has 128 valence electrons. The third-order valence-corrected chi connectivity index (χ3v) is 3.72. The Morgan fingerprint density at radius 3 is 2.36 bits per heavy atom. The van der Waals surface area contributed by atoms with Crippen molar-refractivity contribution in [2.45, 2.75) is 6.42 Å². The molecule has 3 aromatic rings. The number of amides is 1. The highest BCUT2D eigenvalue weighted by atomic mass is 19.1. The van der Waals surface area contributed by atoms with Gasteiger partial charge in [-0.15, -0.1) is 0 Å². The van der Waals surface area contributed by atoms with Gasteiger partial charge in [0.05, 0.1) is 6.61 Å². The van der Waals surface area contributed by atoms with Gasteiger partial charge in [0.1, 0.15) is 11.6 Å². The van der Waals surface area contributed by atoms with Crippen molar-refractivity contribution in [3.05, 3.63) is 84.4 Å². The lowest BCUT2D eigenvalue weighted by molar-refractivity contribution is 0.0951. The summed E-state index contributed by atoms with van der Waals surface area (Å²) in [6, 6.07) is 17.2. The Kier molecular flexibility index (Phi) is 5.46. The summed E-state index contributed by atoms with van der Waals surface area (Å²) in [4.78, 5) is 12.1. The second-order valence-corrected chi connectivity index (χ2v) is 5.55. The number of nitrogens with one attached hydrogen (secondary N) is 1. The standard InChI is InChI=1S/C20H19FN2O2/c21-17-6-10-19(11-7-17)25-15-3-12-22-20(24)16-4-8-18(9-5-16)23-13-1-2-14-23/h1-2,4-11,13-14H,3,12,15H2,(H,22,24). The minimum atomic E-state index is -0.289. The van der Waals surface area contributed by atoms with Crippen molar-refractivity contribution in [2.24, 2.45) is 0 Å². The van der Waals surface area contributed by atoms with E-state index in [0.717, 1.165) is 5.69 Å². The first-order valence-corrected chi connectivity index (χ1v) is 8.12. The van der Waals surface area contributed by atoms with E-state index >= 15 is 0 Å². The normalized spacial score (nSPS) is 10.4. The molecule has 5 heteroatoms. The number of carbonyl (C=O) groups excluding carboxylic acids is 1. The van der Waals surface area contributed by atoms with Crippen LogP contribution in [0.5, 0.6) is 5.75 Å². The van der Waals surface area contributed by atoms with Crippen LogP contribution in [0.3, 0.4) is 0 Å². The molecule has 0 saturated carbocycles. The SMILES string of the molecule is O=C(NCCCOc1ccc(F)cc1)c1ccc(-n2cccc2)cc1. The topological polar surface area (TPSA) is 43.3 Å². The Balaban J connectivity index is 1.41. The van der Waals surface area contributed by atoms with Gasteiger partial charge in [-0.2, -0.15) is 0 Å². The molecule has 3 rings (SSSR count). The molecule has 0 spiro atoms. The predicted octanol–water partition coefficient (Wildman–Crippen LogP) is 3.82. The quantitative estimate of drug-likeness (QED) is 0.666. The van der Waals surface area contributed by atoms with Gasteiger partial charge in [-0.3, -0.25) is 4.79 Å². The van der Waals surface area contributed by atoms with E-state index in [9.17, 15) is 9.18 Å². The highest BCUT2D eigenvalue weighted by Gasteiger charge is 2.05. The third-order valence-electron chi connectivity index (χ3n) is 3.72. The Hall–Kier alpha value is -3.08. The first-order valence-electron chi connectivity index (χ1n) is 8.12. The van der Waals surface area contributed by atoms with Crippen molar-refractivity contribution in [2.75, 3.05) is 13.2 Å². The summed E-state index contributed by atoms with van der Waals surface area (Å²) in [7, 11) is 0. The van der Waals surface area contributed by atoms with Crippen molar-refractivity contribution in [3.8, 4) is 11.4 Å². The van der Waals surface area contributed by atoms with E-state index in [-0.39, 0.29) is 11.7 Å². The fourth-order valence-corrected chi connectivity index (χ4v) is 2.39. The maximum Gasteiger partial charge on any atom is 0.251 e. The lowest BCUT2D eigenvalue weighted by atomic mass is 10.2. The van der Waals surface area contributed by atoms with Crippen LogP contribution in [0, 0.1) is 5.82 Å². The summed E-state index contributed by atoms with van der Waals surface area (Å²) in [5, 5.41) is 2.86. The largest absolute Gasteiger partial charge is 0.494 e. The van der Waals surface area contributed by atoms with Gasteiger partial charge in [0.15, 0.2) is 0 Å². The molecule has 0 fully saturated rings. The highest BCUT2D eigenvalue weighted by molar-refractivity contribution is 5.94. The number of carbonyl (C=O) groups is 1. The molecule has 0 atom stereocenters. The molecular weight excluding hydrogens is 319 g/mol. The van der Waals surface area contributed by atoms with Crippen LogP contribution in [-0.4, -0.2) is 23.6 Å². The molecule has 0 radical (unpaired) electrons. The lowest BCUT2D eigenvalue weighted by Gasteiger charge is -2.08. The molecule has 4 nitrogen and oxygen atoms in total. The maximum absolute atomic E-state index is 12.8. The molecule has 0 aliphatic rings. The zero-order valence-electron chi connectivity index (χ0n) is 13.7. The van der Waals surface area contributed by atoms with Crippen LogP contribution < -0.4 is 10.1 Å². The van der Waals surface area contributed by atoms with E-state index in [0.29, 0.717) is 30.9 Å². The molecule has 2 aromatic carbocycles. The van der Waals surface area contributed by atoms with E-state index in [1.807, 2.05) is 41.2 Å². The Labute approximate surface area is 145 Å². The van der Waals surface area contributed by atoms with E-state index in [4.69, 9.17) is 4.74 Å². The molecule has 0 aliphatic carbocycles. The molecule has 1 aromatic heterocycles. The molecule has 1 heterocycles. The second-order valence-electron chi connectivity index (χ2n) is 5.55. The Bertz CT molecular complexity index is 797. The molecule has 1 amide bonds. The zero-order valence-corrected chi connectivity index (χ0v) is 13.7. The summed E-state index contributed by atoms with van der Waals surface area (Å²) in [6.45, 7) is 0.970. The van der Waals surface area contributed by atoms with Gasteiger partial charge >= 0.3 is 0 Å². The van der Waals surface area contributed by atoms with Crippen LogP contribution in [-0.2, 0) is 0 Å². The average Bonchev–Trinajstić information content (AvgIpc) is 3.18. The van der Waals surface area contributed by atoms with Crippen molar-refractivity contribution < 1.29 is 13.9 Å². The molecule has 25 heavy (non-hydrogen) atoms. The van der Waals surface area contributed by atoms with Crippen LogP contribution in [0.4, 0.5) is 4.39 Å². The summed E-state index contributed by atoms with van der Waals surface area (Å²) in [6.07, 6.45) is 4.58. The summed E-state index contributed by atoms with van der Waals surface area (Å²) in [5.41, 5.74) is 1.63. The van der Waals surface area contributed by atoms with Crippen LogP contribution in [0.1, 0.15) is 16.8 Å². The van der Waals surface area contributed by atoms with Gasteiger partial charge in [0.25, 0.3) is 5.91 Å². The number of aromatic nitrogens is 1. The Morgan fingerprint density at radius 1 is 1.00 bits per heavy atom. The fraction of sp³-hybridized carbons (Fsp3) is 0.150. The molecule has 0 saturated heterocycles. The smallest absolute Gasteiger partial charge is 0.251 e. The zero-order chi connectivity index (χ0) is 17.5. The van der Waals surface area contributed by atoms with Gasteiger partial charge in [0.2, 0.25) is 0 Å². The first-order chi connectivity index (χ1) is 12.2. The van der Waals surface area contributed by atoms with Gasteiger partial charge in [-0.25, -0.2) is 4.39 Å². The number of hydrogen-bond donors (Lipinski definition) is 1. The fourth-order valence-electron chi connectivity index (χ4n) is 2.39. The van der Waals surface area contributed by atoms with Crippen LogP contribution in [0.25, 0.3) is 5.69 Å². The van der Waals surface area contributed by atoms with Gasteiger partial charge in [-0.1, -0.05) is 0 Å². The lowest BCUT2D eigenvalue weighted by Crippen LogP contribution is -2.25. The average molecular weight is 338 g/mol. The number of halogens is 1. The third kappa shape index (κ3) is 4.70. The number of nitrogens with zero attached hydrogens (tertiary/aromatic N) is 1. The summed E-state index contributed by atoms with van der Waals surface area (Å²) >= 11 is 0. The van der Waals surface area contributed by atoms with Gasteiger partial charge in [-0.05, 0) is 67.1 Å². The van der Waals surface area contributed by atoms with Crippen LogP contribution >= 0.6 is 0 Å². The van der Waals surface area contributed by atoms with Gasteiger partial charge < -0.3 is 14.6 Å². The summed E-state index contributed by atoms with van der Waals surface area (Å²) < 4.78 is 20.2. The maximum atomic E-state index is 12.8. The second kappa shape index (κ2) is 8.15. The summed E-state index contributed by atoms with van der Waals surface area (Å²) in [5.74, 6) is 0.219. The van der Waals surface area contributed by atoms with Crippen molar-refractivity contribution in [1.82, 2.24) is 9.88 Å². The predicted molar refractivity (Wildman–Crippen MR) is 94.6 cm³/mol. The molecular formula is C20H19FN2O2. The minimum Gasteiger partial charge on any atom is -0.494 e. The van der Waals surface area contributed by atoms with Crippen LogP contribution in [0.2, 0.25) is 0 Å². The molecule has 1 N–H and O–H groups in total. The van der Waals surface area contributed by atoms with E-state index in [1.54, 1.807) is 24.3 Å². The van der Waals surface area contributed by atoms with Crippen LogP contribution in [0.15, 0.2) is 73.1 Å². The van der Waals surface area contributed by atoms with Crippen molar-refractivity contribution in [3.63, 3.8) is 0 Å². The molecule has 0 aliphatic heterocycles. The number of benzene rings is 2. The van der Waals surface area contributed by atoms with Crippen molar-refractivity contribution >= 4 is 5.91 Å². The molecule has 0 unspecified atom stereocenters. The highest BCUT2D eigenvalue weighted by Crippen LogP contribution is 2.11. The van der Waals surface area contributed by atoms with Crippen molar-refractivity contribution in [1.29, 1.82) is 0 Å². The van der Waals surface area contributed by atoms with E-state index < -0.39 is 0 Å². The number of rotatable bonds is 7. The van der Waals surface area contributed by atoms with E-state index in [1.165, 1.54) is 12.1 Å². The minimum absolute atomic E-state index is 0.110. The van der Waals surface area contributed by atoms with E-state index in [2.05, 4.69) is 5.32 Å². The Morgan fingerprint density at radius 2 is 1.68 bits per heavy atom. The number of hydrogen-bond acceptors (Lipinski definition) is 2. The first kappa shape index (κ1) is 16.8. The number of ether oxygens (including phenoxy) is 1.